The zero-order valence-electron chi connectivity index (χ0n) is 11.2. The maximum Gasteiger partial charge on any atom is 0.0611 e. The topological polar surface area (TPSA) is 49.5 Å². The first-order chi connectivity index (χ1) is 7.38. The molecule has 0 amide bonds. The molecule has 1 fully saturated rings. The van der Waals surface area contributed by atoms with Gasteiger partial charge >= 0.3 is 0 Å². The van der Waals surface area contributed by atoms with E-state index in [0.29, 0.717) is 18.0 Å². The van der Waals surface area contributed by atoms with Crippen molar-refractivity contribution in [2.24, 2.45) is 11.7 Å². The molecule has 0 aromatic rings. The Morgan fingerprint density at radius 3 is 2.38 bits per heavy atom. The van der Waals surface area contributed by atoms with Gasteiger partial charge in [-0.15, -0.1) is 0 Å². The molecule has 1 saturated carbocycles. The van der Waals surface area contributed by atoms with Gasteiger partial charge in [0.1, 0.15) is 0 Å². The van der Waals surface area contributed by atoms with E-state index < -0.39 is 0 Å². The van der Waals surface area contributed by atoms with Crippen molar-refractivity contribution in [3.63, 3.8) is 0 Å². The summed E-state index contributed by atoms with van der Waals surface area (Å²) >= 11 is 0. The van der Waals surface area contributed by atoms with Crippen molar-refractivity contribution in [3.8, 4) is 0 Å². The van der Waals surface area contributed by atoms with Crippen molar-refractivity contribution in [2.75, 3.05) is 13.2 Å². The summed E-state index contributed by atoms with van der Waals surface area (Å²) in [6.07, 6.45) is 3.02. The van der Waals surface area contributed by atoms with E-state index >= 15 is 0 Å². The highest BCUT2D eigenvalue weighted by Crippen LogP contribution is 2.32. The number of nitrogens with zero attached hydrogens (tertiary/aromatic N) is 1. The molecule has 16 heavy (non-hydrogen) atoms. The van der Waals surface area contributed by atoms with Gasteiger partial charge in [-0.25, -0.2) is 0 Å². The van der Waals surface area contributed by atoms with Crippen molar-refractivity contribution in [3.05, 3.63) is 0 Å². The molecule has 1 rings (SSSR count). The van der Waals surface area contributed by atoms with E-state index in [-0.39, 0.29) is 12.1 Å². The molecule has 0 radical (unpaired) electrons. The fraction of sp³-hybridized carbons (Fsp3) is 1.00. The molecule has 0 aliphatic heterocycles. The van der Waals surface area contributed by atoms with Gasteiger partial charge in [0.05, 0.1) is 6.61 Å². The molecule has 2 atom stereocenters. The summed E-state index contributed by atoms with van der Waals surface area (Å²) in [5.41, 5.74) is 5.82. The van der Waals surface area contributed by atoms with Crippen LogP contribution in [-0.2, 0) is 0 Å². The van der Waals surface area contributed by atoms with Gasteiger partial charge in [0, 0.05) is 24.2 Å². The van der Waals surface area contributed by atoms with Crippen molar-refractivity contribution < 1.29 is 5.11 Å². The minimum Gasteiger partial charge on any atom is -0.394 e. The predicted octanol–water partition coefficient (Wildman–Crippen LogP) is 1.60. The van der Waals surface area contributed by atoms with E-state index in [1.807, 2.05) is 0 Å². The lowest BCUT2D eigenvalue weighted by atomic mass is 9.99. The highest BCUT2D eigenvalue weighted by atomic mass is 16.3. The van der Waals surface area contributed by atoms with E-state index in [9.17, 15) is 5.11 Å². The number of aliphatic hydroxyl groups is 1. The summed E-state index contributed by atoms with van der Waals surface area (Å²) in [6.45, 7) is 10.3. The summed E-state index contributed by atoms with van der Waals surface area (Å²) in [6, 6.07) is 1.12. The second-order valence-corrected chi connectivity index (χ2v) is 6.10. The quantitative estimate of drug-likeness (QED) is 0.751. The van der Waals surface area contributed by atoms with E-state index in [4.69, 9.17) is 5.73 Å². The minimum atomic E-state index is -0.325. The highest BCUT2D eigenvalue weighted by Gasteiger charge is 2.38. The lowest BCUT2D eigenvalue weighted by Gasteiger charge is -2.35. The van der Waals surface area contributed by atoms with Crippen LogP contribution in [0, 0.1) is 5.92 Å². The van der Waals surface area contributed by atoms with Crippen LogP contribution in [0.1, 0.15) is 47.0 Å². The van der Waals surface area contributed by atoms with Gasteiger partial charge in [-0.1, -0.05) is 13.8 Å². The molecule has 0 aromatic carbocycles. The standard InChI is InChI=1S/C13H28N2O/c1-10(2)8-15(11(3)4)12-5-6-13(14,7-12)9-16/h10-12,16H,5-9,14H2,1-4H3. The molecule has 0 aromatic heterocycles. The van der Waals surface area contributed by atoms with Gasteiger partial charge in [-0.3, -0.25) is 4.90 Å². The largest absolute Gasteiger partial charge is 0.394 e. The number of rotatable bonds is 5. The normalized spacial score (nSPS) is 30.9. The third kappa shape index (κ3) is 3.44. The second kappa shape index (κ2) is 5.48. The molecule has 0 bridgehead atoms. The maximum atomic E-state index is 9.30. The Balaban J connectivity index is 2.60. The Morgan fingerprint density at radius 2 is 2.00 bits per heavy atom. The van der Waals surface area contributed by atoms with E-state index in [2.05, 4.69) is 32.6 Å². The zero-order valence-corrected chi connectivity index (χ0v) is 11.2. The van der Waals surface area contributed by atoms with Crippen LogP contribution in [0.3, 0.4) is 0 Å². The zero-order chi connectivity index (χ0) is 12.3. The van der Waals surface area contributed by atoms with Crippen LogP contribution >= 0.6 is 0 Å². The predicted molar refractivity (Wildman–Crippen MR) is 68.3 cm³/mol. The van der Waals surface area contributed by atoms with Gasteiger partial charge < -0.3 is 10.8 Å². The van der Waals surface area contributed by atoms with Crippen molar-refractivity contribution >= 4 is 0 Å². The Labute approximate surface area is 100 Å². The van der Waals surface area contributed by atoms with Crippen LogP contribution in [0.4, 0.5) is 0 Å². The van der Waals surface area contributed by atoms with Crippen molar-refractivity contribution in [1.82, 2.24) is 4.90 Å². The smallest absolute Gasteiger partial charge is 0.0611 e. The monoisotopic (exact) mass is 228 g/mol. The summed E-state index contributed by atoms with van der Waals surface area (Å²) in [5, 5.41) is 9.30. The average molecular weight is 228 g/mol. The lowest BCUT2D eigenvalue weighted by Crippen LogP contribution is -2.46. The Bertz CT molecular complexity index is 218. The molecule has 0 heterocycles. The number of hydrogen-bond donors (Lipinski definition) is 2. The maximum absolute atomic E-state index is 9.30. The fourth-order valence-electron chi connectivity index (χ4n) is 2.76. The molecule has 0 spiro atoms. The van der Waals surface area contributed by atoms with Crippen LogP contribution in [0.2, 0.25) is 0 Å². The highest BCUT2D eigenvalue weighted by molar-refractivity contribution is 4.97. The van der Waals surface area contributed by atoms with Crippen molar-refractivity contribution in [1.29, 1.82) is 0 Å². The molecule has 1 aliphatic carbocycles. The SMILES string of the molecule is CC(C)CN(C(C)C)C1CCC(N)(CO)C1. The van der Waals surface area contributed by atoms with Crippen LogP contribution in [0.5, 0.6) is 0 Å². The second-order valence-electron chi connectivity index (χ2n) is 6.10. The third-order valence-electron chi connectivity index (χ3n) is 3.64. The molecule has 3 nitrogen and oxygen atoms in total. The first kappa shape index (κ1) is 13.9. The van der Waals surface area contributed by atoms with Crippen LogP contribution in [0.15, 0.2) is 0 Å². The van der Waals surface area contributed by atoms with Crippen molar-refractivity contribution in [2.45, 2.75) is 64.6 Å². The Morgan fingerprint density at radius 1 is 1.38 bits per heavy atom. The summed E-state index contributed by atoms with van der Waals surface area (Å²) in [5.74, 6) is 0.685. The molecular formula is C13H28N2O. The average Bonchev–Trinajstić information content (AvgIpc) is 2.57. The van der Waals surface area contributed by atoms with Crippen LogP contribution in [-0.4, -0.2) is 40.8 Å². The van der Waals surface area contributed by atoms with E-state index in [1.54, 1.807) is 0 Å². The van der Waals surface area contributed by atoms with Gasteiger partial charge in [-0.05, 0) is 39.0 Å². The third-order valence-corrected chi connectivity index (χ3v) is 3.64. The van der Waals surface area contributed by atoms with Crippen LogP contribution in [0.25, 0.3) is 0 Å². The molecule has 1 aliphatic rings. The summed E-state index contributed by atoms with van der Waals surface area (Å²) in [4.78, 5) is 2.55. The Hall–Kier alpha value is -0.120. The van der Waals surface area contributed by atoms with Gasteiger partial charge in [-0.2, -0.15) is 0 Å². The van der Waals surface area contributed by atoms with Gasteiger partial charge in [0.15, 0.2) is 0 Å². The Kier molecular flexibility index (Phi) is 4.77. The first-order valence-electron chi connectivity index (χ1n) is 6.53. The molecule has 3 N–H and O–H groups in total. The van der Waals surface area contributed by atoms with Crippen LogP contribution < -0.4 is 5.73 Å². The van der Waals surface area contributed by atoms with Gasteiger partial charge in [0.25, 0.3) is 0 Å². The summed E-state index contributed by atoms with van der Waals surface area (Å²) < 4.78 is 0. The van der Waals surface area contributed by atoms with E-state index in [1.165, 1.54) is 0 Å². The molecule has 3 heteroatoms. The molecule has 2 unspecified atom stereocenters. The number of hydrogen-bond acceptors (Lipinski definition) is 3. The molecule has 0 saturated heterocycles. The van der Waals surface area contributed by atoms with Gasteiger partial charge in [0.2, 0.25) is 0 Å². The first-order valence-corrected chi connectivity index (χ1v) is 6.53. The summed E-state index contributed by atoms with van der Waals surface area (Å²) in [7, 11) is 0. The lowest BCUT2D eigenvalue weighted by molar-refractivity contribution is 0.124. The molecular weight excluding hydrogens is 200 g/mol. The number of nitrogens with two attached hydrogens (primary N) is 1. The molecule has 96 valence electrons. The van der Waals surface area contributed by atoms with E-state index in [0.717, 1.165) is 25.8 Å². The number of aliphatic hydroxyl groups excluding tert-OH is 1. The fourth-order valence-corrected chi connectivity index (χ4v) is 2.76. The minimum absolute atomic E-state index is 0.122.